The smallest absolute Gasteiger partial charge is 0.258 e. The normalized spacial score (nSPS) is 17.0. The molecule has 0 bridgehead atoms. The summed E-state index contributed by atoms with van der Waals surface area (Å²) in [6.07, 6.45) is 1.40. The van der Waals surface area contributed by atoms with Crippen molar-refractivity contribution in [3.05, 3.63) is 45.9 Å². The molecule has 7 heteroatoms. The minimum atomic E-state index is -0.503. The number of rotatable bonds is 4. The average molecular weight is 345 g/mol. The molecule has 24 heavy (non-hydrogen) atoms. The van der Waals surface area contributed by atoms with Crippen LogP contribution in [0, 0.1) is 6.92 Å². The lowest BCUT2D eigenvalue weighted by atomic mass is 10.1. The van der Waals surface area contributed by atoms with Crippen LogP contribution < -0.4 is 5.32 Å². The van der Waals surface area contributed by atoms with Gasteiger partial charge in [-0.1, -0.05) is 12.1 Å². The van der Waals surface area contributed by atoms with Gasteiger partial charge in [-0.05, 0) is 31.9 Å². The highest BCUT2D eigenvalue weighted by Gasteiger charge is 2.35. The quantitative estimate of drug-likeness (QED) is 0.889. The van der Waals surface area contributed by atoms with E-state index in [1.54, 1.807) is 18.2 Å². The van der Waals surface area contributed by atoms with Gasteiger partial charge in [0.15, 0.2) is 0 Å². The fraction of sp³-hybridized carbons (Fsp3) is 0.353. The standard InChI is InChI=1S/C17H19N3O3S/c1-11-19-12(10-24-11)9-18-16(22)14-6-4-8-20(14)17(23)13-5-2-3-7-15(13)21/h2-3,5,7,10,14,21H,4,6,8-9H2,1H3,(H,18,22)/t14-/m1/s1. The number of aromatic nitrogens is 1. The van der Waals surface area contributed by atoms with Gasteiger partial charge in [0.1, 0.15) is 11.8 Å². The summed E-state index contributed by atoms with van der Waals surface area (Å²) in [5.41, 5.74) is 1.05. The van der Waals surface area contributed by atoms with E-state index >= 15 is 0 Å². The van der Waals surface area contributed by atoms with Gasteiger partial charge in [-0.3, -0.25) is 9.59 Å². The lowest BCUT2D eigenvalue weighted by molar-refractivity contribution is -0.125. The zero-order chi connectivity index (χ0) is 17.1. The number of nitrogens with one attached hydrogen (secondary N) is 1. The lowest BCUT2D eigenvalue weighted by Crippen LogP contribution is -2.45. The molecule has 0 radical (unpaired) electrons. The first-order valence-electron chi connectivity index (χ1n) is 7.84. The Balaban J connectivity index is 1.67. The van der Waals surface area contributed by atoms with Crippen molar-refractivity contribution >= 4 is 23.2 Å². The van der Waals surface area contributed by atoms with Crippen LogP contribution in [0.2, 0.25) is 0 Å². The number of likely N-dealkylation sites (tertiary alicyclic amines) is 1. The molecule has 1 aliphatic heterocycles. The Morgan fingerprint density at radius 3 is 2.92 bits per heavy atom. The van der Waals surface area contributed by atoms with Crippen molar-refractivity contribution < 1.29 is 14.7 Å². The van der Waals surface area contributed by atoms with Crippen LogP contribution in [0.1, 0.15) is 33.9 Å². The van der Waals surface area contributed by atoms with E-state index in [1.165, 1.54) is 22.3 Å². The number of aromatic hydroxyl groups is 1. The number of benzene rings is 1. The van der Waals surface area contributed by atoms with E-state index in [-0.39, 0.29) is 23.1 Å². The van der Waals surface area contributed by atoms with Gasteiger partial charge in [0, 0.05) is 11.9 Å². The summed E-state index contributed by atoms with van der Waals surface area (Å²) in [6.45, 7) is 2.79. The number of carbonyl (C=O) groups excluding carboxylic acids is 2. The van der Waals surface area contributed by atoms with Crippen LogP contribution in [0.15, 0.2) is 29.6 Å². The van der Waals surface area contributed by atoms with Gasteiger partial charge in [-0.15, -0.1) is 11.3 Å². The Kier molecular flexibility index (Phi) is 4.80. The third-order valence-electron chi connectivity index (χ3n) is 4.06. The maximum absolute atomic E-state index is 12.6. The molecule has 126 valence electrons. The molecule has 2 heterocycles. The van der Waals surface area contributed by atoms with Crippen LogP contribution >= 0.6 is 11.3 Å². The molecule has 3 rings (SSSR count). The fourth-order valence-corrected chi connectivity index (χ4v) is 3.49. The summed E-state index contributed by atoms with van der Waals surface area (Å²) in [6, 6.07) is 5.90. The summed E-state index contributed by atoms with van der Waals surface area (Å²) in [5, 5.41) is 15.6. The van der Waals surface area contributed by atoms with Gasteiger partial charge in [0.25, 0.3) is 5.91 Å². The number of hydrogen-bond acceptors (Lipinski definition) is 5. The van der Waals surface area contributed by atoms with E-state index in [0.29, 0.717) is 19.5 Å². The second-order valence-electron chi connectivity index (χ2n) is 5.75. The van der Waals surface area contributed by atoms with Gasteiger partial charge in [0.2, 0.25) is 5.91 Å². The molecule has 1 fully saturated rings. The largest absolute Gasteiger partial charge is 0.507 e. The molecule has 2 N–H and O–H groups in total. The van der Waals surface area contributed by atoms with E-state index in [1.807, 2.05) is 12.3 Å². The van der Waals surface area contributed by atoms with Crippen LogP contribution in [0.4, 0.5) is 0 Å². The Bertz CT molecular complexity index is 759. The first-order chi connectivity index (χ1) is 11.6. The summed E-state index contributed by atoms with van der Waals surface area (Å²) in [5.74, 6) is -0.552. The molecule has 1 atom stereocenters. The number of aryl methyl sites for hydroxylation is 1. The summed E-state index contributed by atoms with van der Waals surface area (Å²) >= 11 is 1.54. The zero-order valence-corrected chi connectivity index (χ0v) is 14.2. The first-order valence-corrected chi connectivity index (χ1v) is 8.72. The van der Waals surface area contributed by atoms with Gasteiger partial charge < -0.3 is 15.3 Å². The highest BCUT2D eigenvalue weighted by Crippen LogP contribution is 2.24. The molecular weight excluding hydrogens is 326 g/mol. The fourth-order valence-electron chi connectivity index (χ4n) is 2.88. The van der Waals surface area contributed by atoms with Gasteiger partial charge in [-0.2, -0.15) is 0 Å². The van der Waals surface area contributed by atoms with Gasteiger partial charge in [-0.25, -0.2) is 4.98 Å². The predicted molar refractivity (Wildman–Crippen MR) is 90.9 cm³/mol. The number of phenols is 1. The first kappa shape index (κ1) is 16.4. The molecule has 1 saturated heterocycles. The second-order valence-corrected chi connectivity index (χ2v) is 6.81. The van der Waals surface area contributed by atoms with Gasteiger partial charge >= 0.3 is 0 Å². The molecule has 1 aromatic heterocycles. The van der Waals surface area contributed by atoms with Crippen molar-refractivity contribution in [1.82, 2.24) is 15.2 Å². The SMILES string of the molecule is Cc1nc(CNC(=O)[C@H]2CCCN2C(=O)c2ccccc2O)cs1. The van der Waals surface area contributed by atoms with E-state index < -0.39 is 6.04 Å². The second kappa shape index (κ2) is 7.00. The molecule has 0 saturated carbocycles. The van der Waals surface area contributed by atoms with Crippen molar-refractivity contribution in [3.63, 3.8) is 0 Å². The number of carbonyl (C=O) groups is 2. The van der Waals surface area contributed by atoms with E-state index in [0.717, 1.165) is 17.1 Å². The average Bonchev–Trinajstić information content (AvgIpc) is 3.21. The number of para-hydroxylation sites is 1. The summed E-state index contributed by atoms with van der Waals surface area (Å²) in [7, 11) is 0. The zero-order valence-electron chi connectivity index (χ0n) is 13.4. The molecule has 6 nitrogen and oxygen atoms in total. The molecule has 2 amide bonds. The predicted octanol–water partition coefficient (Wildman–Crippen LogP) is 2.08. The molecule has 2 aromatic rings. The third kappa shape index (κ3) is 3.41. The Morgan fingerprint density at radius 1 is 1.42 bits per heavy atom. The minimum absolute atomic E-state index is 0.0634. The summed E-state index contributed by atoms with van der Waals surface area (Å²) < 4.78 is 0. The van der Waals surface area contributed by atoms with E-state index in [2.05, 4.69) is 10.3 Å². The van der Waals surface area contributed by atoms with Gasteiger partial charge in [0.05, 0.1) is 22.8 Å². The highest BCUT2D eigenvalue weighted by molar-refractivity contribution is 7.09. The van der Waals surface area contributed by atoms with Crippen molar-refractivity contribution in [1.29, 1.82) is 0 Å². The number of hydrogen-bond donors (Lipinski definition) is 2. The molecular formula is C17H19N3O3S. The third-order valence-corrected chi connectivity index (χ3v) is 4.88. The maximum atomic E-state index is 12.6. The topological polar surface area (TPSA) is 82.5 Å². The Morgan fingerprint density at radius 2 is 2.21 bits per heavy atom. The van der Waals surface area contributed by atoms with Crippen molar-refractivity contribution in [2.45, 2.75) is 32.4 Å². The van der Waals surface area contributed by atoms with Crippen LogP contribution in [0.25, 0.3) is 0 Å². The minimum Gasteiger partial charge on any atom is -0.507 e. The molecule has 1 aromatic carbocycles. The summed E-state index contributed by atoms with van der Waals surface area (Å²) in [4.78, 5) is 31.0. The number of amides is 2. The Hall–Kier alpha value is -2.41. The molecule has 0 spiro atoms. The number of phenolic OH excluding ortho intramolecular Hbond substituents is 1. The Labute approximate surface area is 144 Å². The van der Waals surface area contributed by atoms with Crippen molar-refractivity contribution in [2.24, 2.45) is 0 Å². The lowest BCUT2D eigenvalue weighted by Gasteiger charge is -2.24. The highest BCUT2D eigenvalue weighted by atomic mass is 32.1. The molecule has 0 unspecified atom stereocenters. The molecule has 1 aliphatic rings. The van der Waals surface area contributed by atoms with Crippen molar-refractivity contribution in [3.8, 4) is 5.75 Å². The van der Waals surface area contributed by atoms with Crippen molar-refractivity contribution in [2.75, 3.05) is 6.54 Å². The van der Waals surface area contributed by atoms with Crippen LogP contribution in [-0.4, -0.2) is 39.4 Å². The van der Waals surface area contributed by atoms with Crippen LogP contribution in [0.3, 0.4) is 0 Å². The number of nitrogens with zero attached hydrogens (tertiary/aromatic N) is 2. The monoisotopic (exact) mass is 345 g/mol. The molecule has 0 aliphatic carbocycles. The van der Waals surface area contributed by atoms with Crippen LogP contribution in [-0.2, 0) is 11.3 Å². The van der Waals surface area contributed by atoms with E-state index in [9.17, 15) is 14.7 Å². The maximum Gasteiger partial charge on any atom is 0.258 e. The number of thiazole rings is 1. The van der Waals surface area contributed by atoms with Crippen LogP contribution in [0.5, 0.6) is 5.75 Å². The van der Waals surface area contributed by atoms with E-state index in [4.69, 9.17) is 0 Å².